The molecule has 1 amide bonds. The Morgan fingerprint density at radius 1 is 1.12 bits per heavy atom. The van der Waals surface area contributed by atoms with Crippen LogP contribution in [0.3, 0.4) is 0 Å². The van der Waals surface area contributed by atoms with E-state index in [1.165, 1.54) is 0 Å². The van der Waals surface area contributed by atoms with E-state index >= 15 is 0 Å². The molecule has 0 bridgehead atoms. The second kappa shape index (κ2) is 7.63. The van der Waals surface area contributed by atoms with Crippen molar-refractivity contribution in [3.63, 3.8) is 0 Å². The van der Waals surface area contributed by atoms with Crippen molar-refractivity contribution in [3.8, 4) is 0 Å². The summed E-state index contributed by atoms with van der Waals surface area (Å²) in [5, 5.41) is 2.79. The number of hydrogen-bond acceptors (Lipinski definition) is 4. The monoisotopic (exact) mass is 451 g/mol. The Balaban J connectivity index is 2.04. The van der Waals surface area contributed by atoms with Crippen molar-refractivity contribution in [2.45, 2.75) is 12.7 Å². The van der Waals surface area contributed by atoms with Crippen molar-refractivity contribution in [2.75, 3.05) is 23.0 Å². The summed E-state index contributed by atoms with van der Waals surface area (Å²) in [6.07, 6.45) is 0. The number of alkyl halides is 1. The largest absolute Gasteiger partial charge is 0.344 e. The second-order valence-electron chi connectivity index (χ2n) is 5.78. The van der Waals surface area contributed by atoms with Crippen molar-refractivity contribution < 1.29 is 19.1 Å². The van der Waals surface area contributed by atoms with E-state index in [4.69, 9.17) is 9.47 Å². The van der Waals surface area contributed by atoms with Crippen molar-refractivity contribution >= 4 is 40.0 Å². The number of hydrogen-bond donors (Lipinski definition) is 1. The van der Waals surface area contributed by atoms with Gasteiger partial charge in [-0.15, -0.1) is 0 Å². The van der Waals surface area contributed by atoms with Crippen LogP contribution in [-0.4, -0.2) is 29.3 Å². The van der Waals surface area contributed by atoms with Crippen molar-refractivity contribution in [1.82, 2.24) is 0 Å². The van der Waals surface area contributed by atoms with Gasteiger partial charge in [0.25, 0.3) is 0 Å². The first kappa shape index (κ1) is 18.0. The van der Waals surface area contributed by atoms with Gasteiger partial charge in [0.05, 0.1) is 23.3 Å². The molecule has 1 N–H and O–H groups in total. The Kier molecular flexibility index (Phi) is 5.51. The molecule has 0 saturated carbocycles. The Morgan fingerprint density at radius 3 is 2.44 bits per heavy atom. The molecular formula is C19H18INO4. The molecule has 0 spiro atoms. The fourth-order valence-corrected chi connectivity index (χ4v) is 2.92. The predicted octanol–water partition coefficient (Wildman–Crippen LogP) is 3.51. The third-order valence-corrected chi connectivity index (χ3v) is 4.75. The van der Waals surface area contributed by atoms with E-state index in [-0.39, 0.29) is 11.7 Å². The average molecular weight is 451 g/mol. The van der Waals surface area contributed by atoms with E-state index in [1.807, 2.05) is 53.8 Å². The molecule has 2 aromatic rings. The molecule has 0 radical (unpaired) electrons. The summed E-state index contributed by atoms with van der Waals surface area (Å²) in [6, 6.07) is 14.3. The van der Waals surface area contributed by atoms with Crippen LogP contribution < -0.4 is 5.32 Å². The lowest BCUT2D eigenvalue weighted by Crippen LogP contribution is -2.23. The molecule has 0 aliphatic carbocycles. The molecule has 3 rings (SSSR count). The van der Waals surface area contributed by atoms with Gasteiger partial charge >= 0.3 is 0 Å². The maximum absolute atomic E-state index is 13.0. The van der Waals surface area contributed by atoms with E-state index in [1.54, 1.807) is 24.3 Å². The third-order valence-electron chi connectivity index (χ3n) is 4.06. The fraction of sp³-hybridized carbons (Fsp3) is 0.263. The minimum absolute atomic E-state index is 0.157. The highest BCUT2D eigenvalue weighted by Gasteiger charge is 2.34. The third kappa shape index (κ3) is 3.91. The summed E-state index contributed by atoms with van der Waals surface area (Å²) in [4.78, 5) is 24.8. The molecule has 0 aromatic heterocycles. The van der Waals surface area contributed by atoms with Gasteiger partial charge in [-0.2, -0.15) is 0 Å². The summed E-state index contributed by atoms with van der Waals surface area (Å²) in [5.74, 6) is -1.19. The number of halogens is 1. The molecule has 2 aromatic carbocycles. The number of nitrogens with one attached hydrogen (secondary N) is 1. The van der Waals surface area contributed by atoms with Crippen LogP contribution in [0.25, 0.3) is 0 Å². The molecule has 1 heterocycles. The number of rotatable bonds is 5. The van der Waals surface area contributed by atoms with Gasteiger partial charge in [-0.3, -0.25) is 9.59 Å². The molecule has 5 nitrogen and oxygen atoms in total. The summed E-state index contributed by atoms with van der Waals surface area (Å²) >= 11 is 1.98. The lowest BCUT2D eigenvalue weighted by Gasteiger charge is -2.24. The molecule has 25 heavy (non-hydrogen) atoms. The quantitative estimate of drug-likeness (QED) is 0.430. The molecule has 0 unspecified atom stereocenters. The van der Waals surface area contributed by atoms with E-state index in [9.17, 15) is 9.59 Å². The number of ether oxygens (including phenoxy) is 2. The molecular weight excluding hydrogens is 433 g/mol. The fourth-order valence-electron chi connectivity index (χ4n) is 2.73. The minimum Gasteiger partial charge on any atom is -0.344 e. The molecule has 6 heteroatoms. The lowest BCUT2D eigenvalue weighted by atomic mass is 9.96. The Morgan fingerprint density at radius 2 is 1.80 bits per heavy atom. The van der Waals surface area contributed by atoms with Crippen molar-refractivity contribution in [3.05, 3.63) is 65.2 Å². The first-order valence-corrected chi connectivity index (χ1v) is 9.44. The van der Waals surface area contributed by atoms with E-state index < -0.39 is 5.79 Å². The summed E-state index contributed by atoms with van der Waals surface area (Å²) in [5.41, 5.74) is 2.21. The summed E-state index contributed by atoms with van der Waals surface area (Å²) in [7, 11) is 0. The molecule has 0 atom stereocenters. The highest BCUT2D eigenvalue weighted by atomic mass is 127. The van der Waals surface area contributed by atoms with Crippen LogP contribution in [0.5, 0.6) is 0 Å². The van der Waals surface area contributed by atoms with Crippen LogP contribution in [0.15, 0.2) is 48.5 Å². The lowest BCUT2D eigenvalue weighted by molar-refractivity contribution is -0.149. The Bertz CT molecular complexity index is 785. The Labute approximate surface area is 159 Å². The van der Waals surface area contributed by atoms with Crippen LogP contribution in [0.4, 0.5) is 5.69 Å². The van der Waals surface area contributed by atoms with Crippen LogP contribution in [0, 0.1) is 0 Å². The van der Waals surface area contributed by atoms with E-state index in [2.05, 4.69) is 5.32 Å². The zero-order valence-corrected chi connectivity index (χ0v) is 15.9. The zero-order valence-electron chi connectivity index (χ0n) is 13.8. The van der Waals surface area contributed by atoms with Gasteiger partial charge in [-0.1, -0.05) is 59.0 Å². The highest BCUT2D eigenvalue weighted by Crippen LogP contribution is 2.33. The first-order valence-electron chi connectivity index (χ1n) is 7.91. The number of amides is 1. The first-order chi connectivity index (χ1) is 12.0. The molecule has 1 fully saturated rings. The SMILES string of the molecule is CC1(c2ccc(NC(=O)CI)c(C(=O)c3ccccc3)c2)OCCO1. The maximum atomic E-state index is 13.0. The second-order valence-corrected chi connectivity index (χ2v) is 6.54. The van der Waals surface area contributed by atoms with Crippen molar-refractivity contribution in [1.29, 1.82) is 0 Å². The number of anilines is 1. The van der Waals surface area contributed by atoms with Gasteiger partial charge in [-0.25, -0.2) is 0 Å². The van der Waals surface area contributed by atoms with Crippen molar-refractivity contribution in [2.24, 2.45) is 0 Å². The standard InChI is InChI=1S/C19H18INO4/c1-19(24-9-10-25-19)14-7-8-16(21-17(22)12-20)15(11-14)18(23)13-5-3-2-4-6-13/h2-8,11H,9-10,12H2,1H3,(H,21,22). The van der Waals surface area contributed by atoms with Crippen LogP contribution >= 0.6 is 22.6 Å². The maximum Gasteiger partial charge on any atom is 0.234 e. The van der Waals surface area contributed by atoms with Crippen LogP contribution in [0.1, 0.15) is 28.4 Å². The number of ketones is 1. The normalized spacial score (nSPS) is 15.8. The number of benzene rings is 2. The zero-order chi connectivity index (χ0) is 17.9. The molecule has 130 valence electrons. The van der Waals surface area contributed by atoms with E-state index in [0.29, 0.717) is 34.5 Å². The predicted molar refractivity (Wildman–Crippen MR) is 103 cm³/mol. The highest BCUT2D eigenvalue weighted by molar-refractivity contribution is 14.1. The summed E-state index contributed by atoms with van der Waals surface area (Å²) in [6.45, 7) is 2.84. The molecule has 1 aliphatic rings. The minimum atomic E-state index is -0.877. The topological polar surface area (TPSA) is 64.6 Å². The number of carbonyl (C=O) groups excluding carboxylic acids is 2. The smallest absolute Gasteiger partial charge is 0.234 e. The van der Waals surface area contributed by atoms with Gasteiger partial charge in [0.1, 0.15) is 0 Å². The molecule has 1 saturated heterocycles. The molecule has 1 aliphatic heterocycles. The van der Waals surface area contributed by atoms with Crippen LogP contribution in [-0.2, 0) is 20.1 Å². The van der Waals surface area contributed by atoms with Gasteiger partial charge in [-0.05, 0) is 19.1 Å². The van der Waals surface area contributed by atoms with Crippen LogP contribution in [0.2, 0.25) is 0 Å². The van der Waals surface area contributed by atoms with Gasteiger partial charge in [0.15, 0.2) is 11.6 Å². The van der Waals surface area contributed by atoms with Gasteiger partial charge in [0.2, 0.25) is 5.91 Å². The Hall–Kier alpha value is -1.77. The average Bonchev–Trinajstić information content (AvgIpc) is 3.09. The van der Waals surface area contributed by atoms with E-state index in [0.717, 1.165) is 5.56 Å². The summed E-state index contributed by atoms with van der Waals surface area (Å²) < 4.78 is 11.7. The number of carbonyl (C=O) groups is 2. The van der Waals surface area contributed by atoms with Gasteiger partial charge in [0, 0.05) is 16.7 Å². The van der Waals surface area contributed by atoms with Gasteiger partial charge < -0.3 is 14.8 Å².